The summed E-state index contributed by atoms with van der Waals surface area (Å²) in [6.45, 7) is 6.63. The van der Waals surface area contributed by atoms with E-state index in [2.05, 4.69) is 33.1 Å². The molecule has 0 aliphatic rings. The largest absolute Gasteiger partial charge is 0.497 e. The average Bonchev–Trinajstić information content (AvgIpc) is 2.73. The maximum absolute atomic E-state index is 12.0. The Labute approximate surface area is 167 Å². The molecule has 0 saturated carbocycles. The van der Waals surface area contributed by atoms with Gasteiger partial charge in [0, 0.05) is 25.2 Å². The Morgan fingerprint density at radius 2 is 1.71 bits per heavy atom. The van der Waals surface area contributed by atoms with Crippen LogP contribution in [-0.4, -0.2) is 38.6 Å². The van der Waals surface area contributed by atoms with Crippen LogP contribution in [0.1, 0.15) is 35.3 Å². The minimum atomic E-state index is -0.0575. The molecule has 6 heteroatoms. The number of amides is 1. The Kier molecular flexibility index (Phi) is 8.85. The van der Waals surface area contributed by atoms with Gasteiger partial charge in [-0.3, -0.25) is 4.79 Å². The molecule has 0 heterocycles. The second kappa shape index (κ2) is 11.6. The Bertz CT molecular complexity index is 772. The van der Waals surface area contributed by atoms with Crippen LogP contribution in [0.25, 0.3) is 0 Å². The zero-order valence-corrected chi connectivity index (χ0v) is 16.9. The molecule has 2 aromatic rings. The van der Waals surface area contributed by atoms with E-state index in [1.54, 1.807) is 7.11 Å². The Morgan fingerprint density at radius 3 is 2.39 bits per heavy atom. The van der Waals surface area contributed by atoms with Crippen LogP contribution in [0, 0.1) is 0 Å². The molecule has 150 valence electrons. The molecule has 0 spiro atoms. The number of methoxy groups -OCH3 is 1. The highest BCUT2D eigenvalue weighted by molar-refractivity contribution is 5.94. The van der Waals surface area contributed by atoms with E-state index in [9.17, 15) is 4.79 Å². The summed E-state index contributed by atoms with van der Waals surface area (Å²) in [6, 6.07) is 15.6. The molecule has 2 aromatic carbocycles. The molecule has 28 heavy (non-hydrogen) atoms. The first-order valence-electron chi connectivity index (χ1n) is 9.68. The fourth-order valence-corrected chi connectivity index (χ4v) is 2.70. The van der Waals surface area contributed by atoms with Gasteiger partial charge in [-0.2, -0.15) is 0 Å². The molecule has 0 radical (unpaired) electrons. The zero-order valence-electron chi connectivity index (χ0n) is 16.9. The van der Waals surface area contributed by atoms with E-state index in [4.69, 9.17) is 4.74 Å². The van der Waals surface area contributed by atoms with Gasteiger partial charge in [0.1, 0.15) is 5.75 Å². The molecule has 0 aromatic heterocycles. The van der Waals surface area contributed by atoms with Crippen molar-refractivity contribution in [3.63, 3.8) is 0 Å². The highest BCUT2D eigenvalue weighted by Crippen LogP contribution is 2.11. The van der Waals surface area contributed by atoms with Gasteiger partial charge in [-0.1, -0.05) is 24.3 Å². The summed E-state index contributed by atoms with van der Waals surface area (Å²) in [5.41, 5.74) is 2.89. The fraction of sp³-hybridized carbons (Fsp3) is 0.364. The molecule has 1 amide bonds. The van der Waals surface area contributed by atoms with Crippen molar-refractivity contribution in [2.45, 2.75) is 26.8 Å². The van der Waals surface area contributed by atoms with Crippen LogP contribution in [-0.2, 0) is 13.0 Å². The van der Waals surface area contributed by atoms with Crippen LogP contribution in [0.3, 0.4) is 0 Å². The van der Waals surface area contributed by atoms with E-state index in [1.165, 1.54) is 5.56 Å². The lowest BCUT2D eigenvalue weighted by Gasteiger charge is -2.12. The van der Waals surface area contributed by atoms with Gasteiger partial charge >= 0.3 is 0 Å². The molecule has 0 aliphatic heterocycles. The third kappa shape index (κ3) is 6.95. The van der Waals surface area contributed by atoms with Crippen LogP contribution in [0.4, 0.5) is 0 Å². The fourth-order valence-electron chi connectivity index (χ4n) is 2.70. The van der Waals surface area contributed by atoms with E-state index in [1.807, 2.05) is 50.2 Å². The Balaban J connectivity index is 1.92. The lowest BCUT2D eigenvalue weighted by Crippen LogP contribution is -2.38. The van der Waals surface area contributed by atoms with Crippen LogP contribution in [0.15, 0.2) is 53.5 Å². The number of carbonyl (C=O) groups excluding carboxylic acids is 1. The van der Waals surface area contributed by atoms with Gasteiger partial charge in [0.25, 0.3) is 5.91 Å². The van der Waals surface area contributed by atoms with Crippen LogP contribution >= 0.6 is 0 Å². The highest BCUT2D eigenvalue weighted by Gasteiger charge is 2.05. The van der Waals surface area contributed by atoms with E-state index >= 15 is 0 Å². The first kappa shape index (κ1) is 21.3. The molecular weight excluding hydrogens is 352 g/mol. The first-order valence-corrected chi connectivity index (χ1v) is 9.68. The van der Waals surface area contributed by atoms with Crippen molar-refractivity contribution in [2.75, 3.05) is 26.7 Å². The van der Waals surface area contributed by atoms with E-state index in [0.717, 1.165) is 36.8 Å². The molecule has 0 fully saturated rings. The van der Waals surface area contributed by atoms with Gasteiger partial charge in [0.05, 0.1) is 13.7 Å². The summed E-state index contributed by atoms with van der Waals surface area (Å²) in [7, 11) is 1.67. The number of ether oxygens (including phenoxy) is 1. The van der Waals surface area contributed by atoms with Gasteiger partial charge in [-0.15, -0.1) is 0 Å². The Hall–Kier alpha value is -3.02. The molecule has 6 nitrogen and oxygen atoms in total. The SMILES string of the molecule is CCNC(=O)c1cccc(CN=C(NCC)NCCc2ccc(OC)cc2)c1. The van der Waals surface area contributed by atoms with E-state index in [-0.39, 0.29) is 5.91 Å². The topological polar surface area (TPSA) is 74.8 Å². The number of guanidine groups is 1. The van der Waals surface area contributed by atoms with Crippen molar-refractivity contribution in [1.82, 2.24) is 16.0 Å². The van der Waals surface area contributed by atoms with Gasteiger partial charge < -0.3 is 20.7 Å². The Morgan fingerprint density at radius 1 is 0.964 bits per heavy atom. The molecule has 2 rings (SSSR count). The minimum absolute atomic E-state index is 0.0575. The molecule has 0 unspecified atom stereocenters. The van der Waals surface area contributed by atoms with E-state index < -0.39 is 0 Å². The maximum Gasteiger partial charge on any atom is 0.251 e. The summed E-state index contributed by atoms with van der Waals surface area (Å²) in [5.74, 6) is 1.57. The average molecular weight is 383 g/mol. The van der Waals surface area contributed by atoms with Crippen molar-refractivity contribution >= 4 is 11.9 Å². The molecule has 3 N–H and O–H groups in total. The molecule has 0 bridgehead atoms. The number of carbonyl (C=O) groups is 1. The van der Waals surface area contributed by atoms with Crippen molar-refractivity contribution < 1.29 is 9.53 Å². The summed E-state index contributed by atoms with van der Waals surface area (Å²) < 4.78 is 5.18. The number of aliphatic imine (C=N–C) groups is 1. The standard InChI is InChI=1S/C22H30N4O2/c1-4-23-21(27)19-8-6-7-18(15-19)16-26-22(24-5-2)25-14-13-17-9-11-20(28-3)12-10-17/h6-12,15H,4-5,13-14,16H2,1-3H3,(H,23,27)(H2,24,25,26). The van der Waals surface area contributed by atoms with Gasteiger partial charge in [0.2, 0.25) is 0 Å². The van der Waals surface area contributed by atoms with Crippen molar-refractivity contribution in [1.29, 1.82) is 0 Å². The van der Waals surface area contributed by atoms with Crippen molar-refractivity contribution in [3.8, 4) is 5.75 Å². The molecule has 0 atom stereocenters. The number of rotatable bonds is 9. The molecule has 0 aliphatic carbocycles. The lowest BCUT2D eigenvalue weighted by atomic mass is 10.1. The smallest absolute Gasteiger partial charge is 0.251 e. The van der Waals surface area contributed by atoms with Crippen molar-refractivity contribution in [2.24, 2.45) is 4.99 Å². The van der Waals surface area contributed by atoms with Crippen LogP contribution in [0.2, 0.25) is 0 Å². The maximum atomic E-state index is 12.0. The summed E-state index contributed by atoms with van der Waals surface area (Å²) >= 11 is 0. The highest BCUT2D eigenvalue weighted by atomic mass is 16.5. The summed E-state index contributed by atoms with van der Waals surface area (Å²) in [6.07, 6.45) is 0.890. The quantitative estimate of drug-likeness (QED) is 0.460. The number of benzene rings is 2. The predicted octanol–water partition coefficient (Wildman–Crippen LogP) is 2.74. The number of hydrogen-bond acceptors (Lipinski definition) is 3. The monoisotopic (exact) mass is 382 g/mol. The van der Waals surface area contributed by atoms with Gasteiger partial charge in [-0.25, -0.2) is 4.99 Å². The number of hydrogen-bond donors (Lipinski definition) is 3. The lowest BCUT2D eigenvalue weighted by molar-refractivity contribution is 0.0955. The summed E-state index contributed by atoms with van der Waals surface area (Å²) in [5, 5.41) is 9.43. The second-order valence-corrected chi connectivity index (χ2v) is 6.28. The number of nitrogens with zero attached hydrogens (tertiary/aromatic N) is 1. The number of nitrogens with one attached hydrogen (secondary N) is 3. The van der Waals surface area contributed by atoms with Crippen LogP contribution in [0.5, 0.6) is 5.75 Å². The predicted molar refractivity (Wildman–Crippen MR) is 114 cm³/mol. The molecular formula is C22H30N4O2. The third-order valence-corrected chi connectivity index (χ3v) is 4.16. The van der Waals surface area contributed by atoms with Gasteiger partial charge in [0.15, 0.2) is 5.96 Å². The minimum Gasteiger partial charge on any atom is -0.497 e. The zero-order chi connectivity index (χ0) is 20.2. The van der Waals surface area contributed by atoms with E-state index in [0.29, 0.717) is 18.7 Å². The third-order valence-electron chi connectivity index (χ3n) is 4.16. The van der Waals surface area contributed by atoms with Crippen LogP contribution < -0.4 is 20.7 Å². The first-order chi connectivity index (χ1) is 13.7. The normalized spacial score (nSPS) is 11.0. The van der Waals surface area contributed by atoms with Crippen molar-refractivity contribution in [3.05, 3.63) is 65.2 Å². The summed E-state index contributed by atoms with van der Waals surface area (Å²) in [4.78, 5) is 16.6. The molecule has 0 saturated heterocycles. The van der Waals surface area contributed by atoms with Gasteiger partial charge in [-0.05, 0) is 55.7 Å². The second-order valence-electron chi connectivity index (χ2n) is 6.28.